The summed E-state index contributed by atoms with van der Waals surface area (Å²) in [5, 5.41) is 5.48. The summed E-state index contributed by atoms with van der Waals surface area (Å²) in [6.07, 6.45) is 0.0724. The molecule has 3 amide bonds. The number of benzene rings is 3. The van der Waals surface area contributed by atoms with Crippen LogP contribution in [0.25, 0.3) is 0 Å². The fraction of sp³-hybridized carbons (Fsp3) is 0.192. The van der Waals surface area contributed by atoms with E-state index in [4.69, 9.17) is 4.74 Å². The monoisotopic (exact) mass is 461 g/mol. The van der Waals surface area contributed by atoms with Crippen LogP contribution in [0.4, 0.5) is 21.5 Å². The Kier molecular flexibility index (Phi) is 6.87. The Labute approximate surface area is 196 Å². The van der Waals surface area contributed by atoms with Crippen molar-refractivity contribution >= 4 is 34.8 Å². The Morgan fingerprint density at radius 2 is 1.71 bits per heavy atom. The molecule has 0 saturated carbocycles. The first-order valence-corrected chi connectivity index (χ1v) is 10.9. The fourth-order valence-electron chi connectivity index (χ4n) is 3.78. The van der Waals surface area contributed by atoms with E-state index in [2.05, 4.69) is 10.6 Å². The van der Waals surface area contributed by atoms with Crippen molar-refractivity contribution < 1.29 is 23.5 Å². The molecule has 34 heavy (non-hydrogen) atoms. The van der Waals surface area contributed by atoms with Crippen LogP contribution in [-0.4, -0.2) is 30.9 Å². The number of anilines is 3. The van der Waals surface area contributed by atoms with Gasteiger partial charge in [0.25, 0.3) is 5.91 Å². The number of nitrogens with zero attached hydrogens (tertiary/aromatic N) is 1. The first-order chi connectivity index (χ1) is 16.4. The van der Waals surface area contributed by atoms with Crippen molar-refractivity contribution in [2.24, 2.45) is 5.92 Å². The number of amides is 3. The third-order valence-corrected chi connectivity index (χ3v) is 5.49. The van der Waals surface area contributed by atoms with Gasteiger partial charge in [0.15, 0.2) is 0 Å². The SMILES string of the molecule is CCOc1ccc(N2CC(C(=O)Nc3ccccc3C(=O)Nc3ccc(F)cc3)CC2=O)cc1. The highest BCUT2D eigenvalue weighted by atomic mass is 19.1. The van der Waals surface area contributed by atoms with Crippen molar-refractivity contribution in [1.29, 1.82) is 0 Å². The molecule has 1 unspecified atom stereocenters. The van der Waals surface area contributed by atoms with Crippen LogP contribution in [0, 0.1) is 11.7 Å². The summed E-state index contributed by atoms with van der Waals surface area (Å²) in [6.45, 7) is 2.68. The van der Waals surface area contributed by atoms with Gasteiger partial charge in [-0.1, -0.05) is 12.1 Å². The van der Waals surface area contributed by atoms with Crippen LogP contribution in [0.3, 0.4) is 0 Å². The lowest BCUT2D eigenvalue weighted by molar-refractivity contribution is -0.122. The van der Waals surface area contributed by atoms with Crippen molar-refractivity contribution in [3.05, 3.63) is 84.2 Å². The molecule has 2 N–H and O–H groups in total. The van der Waals surface area contributed by atoms with E-state index in [1.165, 1.54) is 24.3 Å². The first-order valence-electron chi connectivity index (χ1n) is 10.9. The number of carbonyl (C=O) groups excluding carboxylic acids is 3. The summed E-state index contributed by atoms with van der Waals surface area (Å²) in [4.78, 5) is 39.9. The van der Waals surface area contributed by atoms with Gasteiger partial charge in [-0.25, -0.2) is 4.39 Å². The molecule has 0 aromatic heterocycles. The van der Waals surface area contributed by atoms with Gasteiger partial charge in [-0.2, -0.15) is 0 Å². The van der Waals surface area contributed by atoms with Gasteiger partial charge >= 0.3 is 0 Å². The number of para-hydroxylation sites is 1. The van der Waals surface area contributed by atoms with Crippen LogP contribution >= 0.6 is 0 Å². The second-order valence-corrected chi connectivity index (χ2v) is 7.83. The number of halogens is 1. The van der Waals surface area contributed by atoms with Gasteiger partial charge in [0.1, 0.15) is 11.6 Å². The van der Waals surface area contributed by atoms with E-state index >= 15 is 0 Å². The summed E-state index contributed by atoms with van der Waals surface area (Å²) in [5.41, 5.74) is 1.72. The normalized spacial score (nSPS) is 15.2. The molecule has 0 aliphatic carbocycles. The third-order valence-electron chi connectivity index (χ3n) is 5.49. The summed E-state index contributed by atoms with van der Waals surface area (Å²) >= 11 is 0. The summed E-state index contributed by atoms with van der Waals surface area (Å²) < 4.78 is 18.6. The lowest BCUT2D eigenvalue weighted by atomic mass is 10.1. The van der Waals surface area contributed by atoms with E-state index in [9.17, 15) is 18.8 Å². The van der Waals surface area contributed by atoms with E-state index in [0.29, 0.717) is 29.4 Å². The second kappa shape index (κ2) is 10.2. The van der Waals surface area contributed by atoms with Crippen molar-refractivity contribution in [3.63, 3.8) is 0 Å². The quantitative estimate of drug-likeness (QED) is 0.544. The zero-order valence-corrected chi connectivity index (χ0v) is 18.6. The molecular formula is C26H24FN3O4. The molecule has 4 rings (SSSR count). The van der Waals surface area contributed by atoms with Crippen molar-refractivity contribution in [3.8, 4) is 5.75 Å². The standard InChI is InChI=1S/C26H24FN3O4/c1-2-34-21-13-11-20(12-14-21)30-16-17(15-24(30)31)25(32)29-23-6-4-3-5-22(23)26(33)28-19-9-7-18(27)8-10-19/h3-14,17H,2,15-16H2,1H3,(H,28,33)(H,29,32). The van der Waals surface area contributed by atoms with Gasteiger partial charge in [0.2, 0.25) is 11.8 Å². The van der Waals surface area contributed by atoms with Crippen LogP contribution in [-0.2, 0) is 9.59 Å². The van der Waals surface area contributed by atoms with Crippen LogP contribution in [0.2, 0.25) is 0 Å². The largest absolute Gasteiger partial charge is 0.494 e. The third kappa shape index (κ3) is 5.23. The summed E-state index contributed by atoms with van der Waals surface area (Å²) in [6, 6.07) is 19.1. The number of ether oxygens (including phenoxy) is 1. The summed E-state index contributed by atoms with van der Waals surface area (Å²) in [7, 11) is 0. The van der Waals surface area contributed by atoms with Crippen molar-refractivity contribution in [2.75, 3.05) is 28.7 Å². The van der Waals surface area contributed by atoms with E-state index in [1.807, 2.05) is 6.92 Å². The van der Waals surface area contributed by atoms with Gasteiger partial charge in [-0.05, 0) is 67.6 Å². The maximum absolute atomic E-state index is 13.1. The highest BCUT2D eigenvalue weighted by molar-refractivity contribution is 6.11. The minimum Gasteiger partial charge on any atom is -0.494 e. The molecular weight excluding hydrogens is 437 g/mol. The molecule has 7 nitrogen and oxygen atoms in total. The molecule has 0 bridgehead atoms. The van der Waals surface area contributed by atoms with Crippen molar-refractivity contribution in [2.45, 2.75) is 13.3 Å². The van der Waals surface area contributed by atoms with E-state index in [0.717, 1.165) is 0 Å². The molecule has 1 heterocycles. The van der Waals surface area contributed by atoms with E-state index in [1.54, 1.807) is 53.4 Å². The van der Waals surface area contributed by atoms with Crippen molar-refractivity contribution in [1.82, 2.24) is 0 Å². The lowest BCUT2D eigenvalue weighted by Crippen LogP contribution is -2.28. The average Bonchev–Trinajstić information content (AvgIpc) is 3.23. The number of hydrogen-bond donors (Lipinski definition) is 2. The van der Waals surface area contributed by atoms with Crippen LogP contribution in [0.5, 0.6) is 5.75 Å². The topological polar surface area (TPSA) is 87.7 Å². The van der Waals surface area contributed by atoms with E-state index < -0.39 is 17.6 Å². The van der Waals surface area contributed by atoms with Gasteiger partial charge in [0, 0.05) is 24.3 Å². The Balaban J connectivity index is 1.43. The van der Waals surface area contributed by atoms with Crippen LogP contribution in [0.15, 0.2) is 72.8 Å². The first kappa shape index (κ1) is 23.0. The zero-order valence-electron chi connectivity index (χ0n) is 18.6. The fourth-order valence-corrected chi connectivity index (χ4v) is 3.78. The second-order valence-electron chi connectivity index (χ2n) is 7.83. The molecule has 1 aliphatic rings. The molecule has 174 valence electrons. The van der Waals surface area contributed by atoms with Gasteiger partial charge < -0.3 is 20.3 Å². The minimum atomic E-state index is -0.563. The zero-order chi connectivity index (χ0) is 24.1. The number of nitrogens with one attached hydrogen (secondary N) is 2. The Hall–Kier alpha value is -4.20. The summed E-state index contributed by atoms with van der Waals surface area (Å²) in [5.74, 6) is -1.19. The molecule has 0 spiro atoms. The maximum Gasteiger partial charge on any atom is 0.257 e. The predicted molar refractivity (Wildman–Crippen MR) is 127 cm³/mol. The molecule has 8 heteroatoms. The molecule has 0 radical (unpaired) electrons. The predicted octanol–water partition coefficient (Wildman–Crippen LogP) is 4.47. The van der Waals surface area contributed by atoms with Crippen LogP contribution < -0.4 is 20.3 Å². The smallest absolute Gasteiger partial charge is 0.257 e. The molecule has 1 aliphatic heterocycles. The molecule has 3 aromatic carbocycles. The highest BCUT2D eigenvalue weighted by Gasteiger charge is 2.35. The highest BCUT2D eigenvalue weighted by Crippen LogP contribution is 2.28. The Morgan fingerprint density at radius 1 is 1.00 bits per heavy atom. The minimum absolute atomic E-state index is 0.0724. The van der Waals surface area contributed by atoms with Gasteiger partial charge in [-0.3, -0.25) is 14.4 Å². The number of carbonyl (C=O) groups is 3. The molecule has 1 fully saturated rings. The van der Waals surface area contributed by atoms with Gasteiger partial charge in [0.05, 0.1) is 23.8 Å². The molecule has 3 aromatic rings. The average molecular weight is 461 g/mol. The van der Waals surface area contributed by atoms with Gasteiger partial charge in [-0.15, -0.1) is 0 Å². The van der Waals surface area contributed by atoms with Crippen LogP contribution in [0.1, 0.15) is 23.7 Å². The molecule has 1 atom stereocenters. The van der Waals surface area contributed by atoms with E-state index in [-0.39, 0.29) is 30.3 Å². The number of hydrogen-bond acceptors (Lipinski definition) is 4. The Bertz CT molecular complexity index is 1200. The lowest BCUT2D eigenvalue weighted by Gasteiger charge is -2.17. The maximum atomic E-state index is 13.1. The Morgan fingerprint density at radius 3 is 2.41 bits per heavy atom. The number of rotatable bonds is 7. The molecule has 1 saturated heterocycles.